The third-order valence-electron chi connectivity index (χ3n) is 12.2. The van der Waals surface area contributed by atoms with Crippen LogP contribution in [0.3, 0.4) is 0 Å². The monoisotopic (exact) mass is 852 g/mol. The molecule has 0 fully saturated rings. The van der Waals surface area contributed by atoms with Crippen LogP contribution in [-0.2, 0) is 11.8 Å². The highest BCUT2D eigenvalue weighted by molar-refractivity contribution is 9.08. The van der Waals surface area contributed by atoms with Gasteiger partial charge in [-0.3, -0.25) is 4.99 Å². The zero-order chi connectivity index (χ0) is 41.6. The van der Waals surface area contributed by atoms with E-state index in [0.29, 0.717) is 0 Å². The lowest BCUT2D eigenvalue weighted by molar-refractivity contribution is 0.830. The van der Waals surface area contributed by atoms with E-state index in [1.807, 2.05) is 0 Å². The van der Waals surface area contributed by atoms with E-state index in [1.54, 1.807) is 0 Å². The molecule has 5 aromatic carbocycles. The van der Waals surface area contributed by atoms with Crippen molar-refractivity contribution in [3.05, 3.63) is 247 Å². The Balaban J connectivity index is 1.32. The predicted octanol–water partition coefficient (Wildman–Crippen LogP) is 11.6. The summed E-state index contributed by atoms with van der Waals surface area (Å²) in [7, 11) is 0. The van der Waals surface area contributed by atoms with Crippen LogP contribution in [0.15, 0.2) is 196 Å². The maximum absolute atomic E-state index is 5.59. The summed E-state index contributed by atoms with van der Waals surface area (Å²) >= 11 is 3.82. The number of hydrogen-bond acceptors (Lipinski definition) is 3. The Morgan fingerprint density at radius 1 is 0.475 bits per heavy atom. The average Bonchev–Trinajstić information content (AvgIpc) is 4.12. The molecular formula is C56H45BrN4. The number of hydrogen-bond donors (Lipinski definition) is 1. The molecule has 5 heterocycles. The highest BCUT2D eigenvalue weighted by Crippen LogP contribution is 2.44. The minimum absolute atomic E-state index is 0.106. The molecule has 296 valence electrons. The maximum atomic E-state index is 5.59. The van der Waals surface area contributed by atoms with Gasteiger partial charge in [0, 0.05) is 50.4 Å². The molecular weight excluding hydrogens is 809 g/mol. The van der Waals surface area contributed by atoms with Gasteiger partial charge in [0.05, 0.1) is 28.5 Å². The second kappa shape index (κ2) is 16.1. The van der Waals surface area contributed by atoms with E-state index in [0.717, 1.165) is 101 Å². The van der Waals surface area contributed by atoms with Crippen molar-refractivity contribution in [2.45, 2.75) is 39.4 Å². The number of aromatic nitrogens is 1. The number of H-pyrrole nitrogens is 1. The zero-order valence-corrected chi connectivity index (χ0v) is 36.4. The highest BCUT2D eigenvalue weighted by atomic mass is 79.9. The van der Waals surface area contributed by atoms with Gasteiger partial charge in [-0.15, -0.1) is 0 Å². The van der Waals surface area contributed by atoms with Crippen LogP contribution >= 0.6 is 15.9 Å². The fraction of sp³-hybridized carbons (Fsp3) is 0.125. The Morgan fingerprint density at radius 3 is 1.38 bits per heavy atom. The predicted molar refractivity (Wildman–Crippen MR) is 259 cm³/mol. The molecule has 4 aliphatic rings. The standard InChI is InChI=1S/C56H45BrN4/c1-34-9-17-38(18-10-34)52-45-33-58-56(44(45)31-42-7-5-6-8-43(42)32-57)55(41-23-15-37(4)16-24-41)51-30-29-50(61-51)54(40-21-13-36(3)14-22-40)49-28-27-48(60-49)53(47-26-25-46(52)59-47)39-19-11-35(2)12-20-39/h5-30,33,44,60H,31-32H2,1-4H3. The van der Waals surface area contributed by atoms with Crippen molar-refractivity contribution in [2.75, 3.05) is 0 Å². The summed E-state index contributed by atoms with van der Waals surface area (Å²) in [6.45, 7) is 8.54. The van der Waals surface area contributed by atoms with E-state index >= 15 is 0 Å². The van der Waals surface area contributed by atoms with Crippen LogP contribution in [0.1, 0.15) is 55.6 Å². The van der Waals surface area contributed by atoms with Crippen molar-refractivity contribution in [1.29, 1.82) is 0 Å². The highest BCUT2D eigenvalue weighted by Gasteiger charge is 2.35. The van der Waals surface area contributed by atoms with Crippen LogP contribution in [0, 0.1) is 33.6 Å². The van der Waals surface area contributed by atoms with Crippen molar-refractivity contribution in [3.8, 4) is 0 Å². The Kier molecular flexibility index (Phi) is 10.1. The van der Waals surface area contributed by atoms with E-state index in [-0.39, 0.29) is 5.92 Å². The van der Waals surface area contributed by atoms with Gasteiger partial charge >= 0.3 is 0 Å². The smallest absolute Gasteiger partial charge is 0.0737 e. The van der Waals surface area contributed by atoms with Crippen LogP contribution in [0.4, 0.5) is 0 Å². The van der Waals surface area contributed by atoms with Gasteiger partial charge in [-0.05, 0) is 110 Å². The molecule has 1 N–H and O–H groups in total. The number of aromatic amines is 1. The molecule has 0 radical (unpaired) electrons. The summed E-state index contributed by atoms with van der Waals surface area (Å²) in [5.74, 6) is -0.106. The minimum atomic E-state index is -0.106. The molecule has 6 aromatic rings. The minimum Gasteiger partial charge on any atom is -0.354 e. The third kappa shape index (κ3) is 7.34. The molecule has 5 heteroatoms. The van der Waals surface area contributed by atoms with Crippen molar-refractivity contribution in [1.82, 2.24) is 4.98 Å². The molecule has 0 amide bonds. The van der Waals surface area contributed by atoms with Crippen LogP contribution in [0.2, 0.25) is 0 Å². The molecule has 0 spiro atoms. The van der Waals surface area contributed by atoms with Gasteiger partial charge in [0.15, 0.2) is 0 Å². The molecule has 0 aliphatic carbocycles. The Hall–Kier alpha value is -6.69. The lowest BCUT2D eigenvalue weighted by Crippen LogP contribution is -2.21. The molecule has 10 rings (SSSR count). The normalized spacial score (nSPS) is 17.0. The van der Waals surface area contributed by atoms with Crippen LogP contribution < -0.4 is 10.7 Å². The topological polar surface area (TPSA) is 52.9 Å². The molecule has 8 bridgehead atoms. The van der Waals surface area contributed by atoms with Gasteiger partial charge in [0.25, 0.3) is 0 Å². The molecule has 0 saturated heterocycles. The first-order valence-corrected chi connectivity index (χ1v) is 22.1. The summed E-state index contributed by atoms with van der Waals surface area (Å²) in [6.07, 6.45) is 11.6. The molecule has 1 unspecified atom stereocenters. The number of alkyl halides is 1. The quantitative estimate of drug-likeness (QED) is 0.156. The summed E-state index contributed by atoms with van der Waals surface area (Å²) in [5, 5.41) is 2.74. The average molecular weight is 854 g/mol. The van der Waals surface area contributed by atoms with Crippen molar-refractivity contribution in [2.24, 2.45) is 20.9 Å². The molecule has 4 nitrogen and oxygen atoms in total. The van der Waals surface area contributed by atoms with Gasteiger partial charge in [-0.1, -0.05) is 160 Å². The fourth-order valence-corrected chi connectivity index (χ4v) is 9.43. The van der Waals surface area contributed by atoms with Crippen LogP contribution in [-0.4, -0.2) is 22.1 Å². The van der Waals surface area contributed by atoms with E-state index in [9.17, 15) is 0 Å². The fourth-order valence-electron chi connectivity index (χ4n) is 8.88. The van der Waals surface area contributed by atoms with E-state index in [2.05, 4.69) is 213 Å². The largest absolute Gasteiger partial charge is 0.354 e. The Morgan fingerprint density at radius 2 is 0.902 bits per heavy atom. The van der Waals surface area contributed by atoms with Gasteiger partial charge in [0.1, 0.15) is 0 Å². The number of fused-ring (bicyclic) bond motifs is 6. The van der Waals surface area contributed by atoms with E-state index in [4.69, 9.17) is 15.0 Å². The molecule has 1 aromatic heterocycles. The second-order valence-corrected chi connectivity index (χ2v) is 17.0. The summed E-state index contributed by atoms with van der Waals surface area (Å²) in [4.78, 5) is 20.5. The first-order chi connectivity index (χ1) is 29.8. The first-order valence-electron chi connectivity index (χ1n) is 21.0. The van der Waals surface area contributed by atoms with Gasteiger partial charge in [-0.25, -0.2) is 9.98 Å². The number of benzene rings is 5. The second-order valence-electron chi connectivity index (χ2n) is 16.4. The van der Waals surface area contributed by atoms with Crippen LogP contribution in [0.25, 0.3) is 22.3 Å². The molecule has 61 heavy (non-hydrogen) atoms. The summed E-state index contributed by atoms with van der Waals surface area (Å²) < 4.78 is 0. The Bertz CT molecular complexity index is 2940. The molecule has 1 atom stereocenters. The number of aliphatic imine (C=N–C) groups is 3. The number of rotatable bonds is 7. The lowest BCUT2D eigenvalue weighted by Gasteiger charge is -2.24. The Labute approximate surface area is 366 Å². The van der Waals surface area contributed by atoms with Gasteiger partial charge in [0.2, 0.25) is 0 Å². The zero-order valence-electron chi connectivity index (χ0n) is 34.8. The third-order valence-corrected chi connectivity index (χ3v) is 12.8. The number of allylic oxidation sites excluding steroid dienone is 7. The maximum Gasteiger partial charge on any atom is 0.0737 e. The molecule has 4 aliphatic heterocycles. The van der Waals surface area contributed by atoms with Crippen molar-refractivity contribution in [3.63, 3.8) is 0 Å². The summed E-state index contributed by atoms with van der Waals surface area (Å²) in [5.41, 5.74) is 21.7. The van der Waals surface area contributed by atoms with E-state index < -0.39 is 0 Å². The molecule has 0 saturated carbocycles. The van der Waals surface area contributed by atoms with Crippen LogP contribution in [0.5, 0.6) is 0 Å². The number of halogens is 1. The number of nitrogens with zero attached hydrogens (tertiary/aromatic N) is 3. The lowest BCUT2D eigenvalue weighted by atomic mass is 9.78. The van der Waals surface area contributed by atoms with Crippen molar-refractivity contribution < 1.29 is 0 Å². The van der Waals surface area contributed by atoms with Gasteiger partial charge in [-0.2, -0.15) is 0 Å². The SMILES string of the molecule is Cc1ccc(C2=C3C=CC(=N3)C(c3ccc(C)cc3)=c3ccc([nH]3)=C(c3ccc(C)cc3)C3=NC(=C(c4ccc(C)cc4)C4=NC=C2C4Cc2ccccc2CBr)C=C3)cc1. The first kappa shape index (κ1) is 38.5. The van der Waals surface area contributed by atoms with Crippen molar-refractivity contribution >= 4 is 55.4 Å². The number of aryl methyl sites for hydroxylation is 4. The van der Waals surface area contributed by atoms with E-state index in [1.165, 1.54) is 33.4 Å². The summed E-state index contributed by atoms with van der Waals surface area (Å²) in [6, 6.07) is 48.4. The number of nitrogens with one attached hydrogen (secondary N) is 1. The van der Waals surface area contributed by atoms with Gasteiger partial charge < -0.3 is 4.98 Å².